The number of hydrogen-bond acceptors (Lipinski definition) is 3. The molecule has 2 unspecified atom stereocenters. The highest BCUT2D eigenvalue weighted by atomic mass is 79.9. The Balaban J connectivity index is 2.62. The molecule has 14 heavy (non-hydrogen) atoms. The first-order valence-electron chi connectivity index (χ1n) is 4.71. The molecule has 0 radical (unpaired) electrons. The maximum atomic E-state index is 9.37. The quantitative estimate of drug-likeness (QED) is 0.870. The Labute approximate surface area is 96.7 Å². The van der Waals surface area contributed by atoms with E-state index in [-0.39, 0.29) is 6.61 Å². The van der Waals surface area contributed by atoms with E-state index in [1.54, 1.807) is 11.3 Å². The van der Waals surface area contributed by atoms with Gasteiger partial charge in [0.1, 0.15) is 0 Å². The molecule has 2 N–H and O–H groups in total. The first-order valence-corrected chi connectivity index (χ1v) is 6.32. The largest absolute Gasteiger partial charge is 0.394 e. The van der Waals surface area contributed by atoms with Crippen molar-refractivity contribution in [3.8, 4) is 0 Å². The van der Waals surface area contributed by atoms with Gasteiger partial charge in [0.15, 0.2) is 0 Å². The molecule has 0 fully saturated rings. The van der Waals surface area contributed by atoms with Gasteiger partial charge < -0.3 is 10.2 Å². The van der Waals surface area contributed by atoms with Crippen molar-refractivity contribution in [3.63, 3.8) is 0 Å². The predicted octanol–water partition coefficient (Wildman–Crippen LogP) is 2.75. The number of aliphatic hydroxyl groups excluding tert-OH is 2. The monoisotopic (exact) mass is 278 g/mol. The van der Waals surface area contributed by atoms with Crippen LogP contribution in [-0.4, -0.2) is 22.9 Å². The van der Waals surface area contributed by atoms with Gasteiger partial charge in [-0.25, -0.2) is 0 Å². The van der Waals surface area contributed by atoms with Crippen LogP contribution >= 0.6 is 27.3 Å². The predicted molar refractivity (Wildman–Crippen MR) is 62.8 cm³/mol. The standard InChI is InChI=1S/C10H15BrO2S/c1-2-7(5-8(13)6-12)9-3-4-10(11)14-9/h3-4,7-8,12-13H,2,5-6H2,1H3. The van der Waals surface area contributed by atoms with Crippen molar-refractivity contribution >= 4 is 27.3 Å². The van der Waals surface area contributed by atoms with Crippen LogP contribution in [0.25, 0.3) is 0 Å². The number of thiophene rings is 1. The first kappa shape index (κ1) is 12.2. The Kier molecular flexibility index (Phi) is 5.09. The second-order valence-electron chi connectivity index (χ2n) is 3.32. The summed E-state index contributed by atoms with van der Waals surface area (Å²) in [6.07, 6.45) is 1.03. The molecule has 0 saturated carbocycles. The van der Waals surface area contributed by atoms with Gasteiger partial charge in [-0.05, 0) is 46.8 Å². The molecule has 0 aromatic carbocycles. The Hall–Kier alpha value is 0.1000. The third-order valence-electron chi connectivity index (χ3n) is 2.26. The molecule has 2 atom stereocenters. The highest BCUT2D eigenvalue weighted by Crippen LogP contribution is 2.33. The number of aliphatic hydroxyl groups is 2. The molecule has 1 heterocycles. The lowest BCUT2D eigenvalue weighted by Crippen LogP contribution is -2.15. The Morgan fingerprint density at radius 3 is 2.64 bits per heavy atom. The van der Waals surface area contributed by atoms with Crippen molar-refractivity contribution in [2.45, 2.75) is 31.8 Å². The van der Waals surface area contributed by atoms with Crippen LogP contribution in [0.1, 0.15) is 30.6 Å². The molecule has 0 bridgehead atoms. The van der Waals surface area contributed by atoms with Gasteiger partial charge in [-0.1, -0.05) is 6.92 Å². The van der Waals surface area contributed by atoms with E-state index < -0.39 is 6.10 Å². The van der Waals surface area contributed by atoms with E-state index in [1.165, 1.54) is 4.88 Å². The molecule has 1 aromatic heterocycles. The fourth-order valence-corrected chi connectivity index (χ4v) is 3.05. The lowest BCUT2D eigenvalue weighted by molar-refractivity contribution is 0.0820. The Morgan fingerprint density at radius 2 is 2.21 bits per heavy atom. The molecule has 0 aliphatic heterocycles. The van der Waals surface area contributed by atoms with Crippen molar-refractivity contribution in [1.82, 2.24) is 0 Å². The zero-order chi connectivity index (χ0) is 10.6. The second kappa shape index (κ2) is 5.85. The molecule has 2 nitrogen and oxygen atoms in total. The van der Waals surface area contributed by atoms with Crippen LogP contribution in [0.15, 0.2) is 15.9 Å². The van der Waals surface area contributed by atoms with Crippen LogP contribution in [0.5, 0.6) is 0 Å². The molecule has 80 valence electrons. The maximum absolute atomic E-state index is 9.37. The van der Waals surface area contributed by atoms with Crippen LogP contribution in [-0.2, 0) is 0 Å². The topological polar surface area (TPSA) is 40.5 Å². The van der Waals surface area contributed by atoms with E-state index in [0.717, 1.165) is 10.2 Å². The summed E-state index contributed by atoms with van der Waals surface area (Å²) in [4.78, 5) is 1.27. The average Bonchev–Trinajstić information content (AvgIpc) is 2.60. The maximum Gasteiger partial charge on any atom is 0.0777 e. The fraction of sp³-hybridized carbons (Fsp3) is 0.600. The molecule has 0 aliphatic rings. The van der Waals surface area contributed by atoms with Gasteiger partial charge in [-0.2, -0.15) is 0 Å². The molecule has 1 rings (SSSR count). The smallest absolute Gasteiger partial charge is 0.0777 e. The number of hydrogen-bond donors (Lipinski definition) is 2. The van der Waals surface area contributed by atoms with Gasteiger partial charge in [0, 0.05) is 4.88 Å². The molecule has 0 aliphatic carbocycles. The summed E-state index contributed by atoms with van der Waals surface area (Å²) < 4.78 is 1.12. The van der Waals surface area contributed by atoms with Gasteiger partial charge in [-0.15, -0.1) is 11.3 Å². The summed E-state index contributed by atoms with van der Waals surface area (Å²) in [5.74, 6) is 0.355. The summed E-state index contributed by atoms with van der Waals surface area (Å²) in [6, 6.07) is 4.10. The molecule has 0 spiro atoms. The van der Waals surface area contributed by atoms with E-state index in [1.807, 2.05) is 6.07 Å². The number of halogens is 1. The van der Waals surface area contributed by atoms with E-state index in [4.69, 9.17) is 5.11 Å². The van der Waals surface area contributed by atoms with Crippen molar-refractivity contribution in [2.75, 3.05) is 6.61 Å². The average molecular weight is 279 g/mol. The molecule has 0 amide bonds. The van der Waals surface area contributed by atoms with Crippen molar-refractivity contribution in [2.24, 2.45) is 0 Å². The highest BCUT2D eigenvalue weighted by molar-refractivity contribution is 9.11. The summed E-state index contributed by atoms with van der Waals surface area (Å²) >= 11 is 5.12. The zero-order valence-corrected chi connectivity index (χ0v) is 10.5. The Bertz CT molecular complexity index is 275. The van der Waals surface area contributed by atoms with Crippen molar-refractivity contribution in [1.29, 1.82) is 0 Å². The van der Waals surface area contributed by atoms with Gasteiger partial charge in [0.25, 0.3) is 0 Å². The minimum Gasteiger partial charge on any atom is -0.394 e. The van der Waals surface area contributed by atoms with Gasteiger partial charge in [0.05, 0.1) is 16.5 Å². The SMILES string of the molecule is CCC(CC(O)CO)c1ccc(Br)s1. The van der Waals surface area contributed by atoms with E-state index in [0.29, 0.717) is 12.3 Å². The summed E-state index contributed by atoms with van der Waals surface area (Å²) in [7, 11) is 0. The van der Waals surface area contributed by atoms with Crippen LogP contribution in [0.4, 0.5) is 0 Å². The van der Waals surface area contributed by atoms with Crippen LogP contribution < -0.4 is 0 Å². The van der Waals surface area contributed by atoms with E-state index in [9.17, 15) is 5.11 Å². The van der Waals surface area contributed by atoms with Crippen LogP contribution in [0.2, 0.25) is 0 Å². The first-order chi connectivity index (χ1) is 6.67. The molecule has 1 aromatic rings. The van der Waals surface area contributed by atoms with Gasteiger partial charge in [0.2, 0.25) is 0 Å². The fourth-order valence-electron chi connectivity index (χ4n) is 1.43. The highest BCUT2D eigenvalue weighted by Gasteiger charge is 2.15. The third-order valence-corrected chi connectivity index (χ3v) is 4.04. The minimum absolute atomic E-state index is 0.150. The Morgan fingerprint density at radius 1 is 1.50 bits per heavy atom. The normalized spacial score (nSPS) is 15.4. The second-order valence-corrected chi connectivity index (χ2v) is 5.81. The minimum atomic E-state index is -0.596. The summed E-state index contributed by atoms with van der Waals surface area (Å²) in [5.41, 5.74) is 0. The molecule has 4 heteroatoms. The lowest BCUT2D eigenvalue weighted by atomic mass is 9.97. The van der Waals surface area contributed by atoms with Crippen LogP contribution in [0.3, 0.4) is 0 Å². The molecular weight excluding hydrogens is 264 g/mol. The van der Waals surface area contributed by atoms with Crippen LogP contribution in [0, 0.1) is 0 Å². The summed E-state index contributed by atoms with van der Waals surface area (Å²) in [5, 5.41) is 18.1. The number of rotatable bonds is 5. The van der Waals surface area contributed by atoms with Gasteiger partial charge in [-0.3, -0.25) is 0 Å². The third kappa shape index (κ3) is 3.35. The molecule has 0 saturated heterocycles. The lowest BCUT2D eigenvalue weighted by Gasteiger charge is -2.15. The molecular formula is C10H15BrO2S. The van der Waals surface area contributed by atoms with Gasteiger partial charge >= 0.3 is 0 Å². The van der Waals surface area contributed by atoms with E-state index in [2.05, 4.69) is 28.9 Å². The van der Waals surface area contributed by atoms with E-state index >= 15 is 0 Å². The van der Waals surface area contributed by atoms with Crippen molar-refractivity contribution < 1.29 is 10.2 Å². The zero-order valence-electron chi connectivity index (χ0n) is 8.11. The summed E-state index contributed by atoms with van der Waals surface area (Å²) in [6.45, 7) is 1.95. The van der Waals surface area contributed by atoms with Crippen molar-refractivity contribution in [3.05, 3.63) is 20.8 Å².